The average Bonchev–Trinajstić information content (AvgIpc) is 2.74. The van der Waals surface area contributed by atoms with Crippen LogP contribution in [0.5, 0.6) is 0 Å². The minimum absolute atomic E-state index is 0.102. The number of nitrogens with zero attached hydrogens (tertiary/aromatic N) is 3. The van der Waals surface area contributed by atoms with E-state index < -0.39 is 10.0 Å². The molecule has 3 rings (SSSR count). The molecule has 1 aromatic rings. The third-order valence-corrected chi connectivity index (χ3v) is 7.72. The molecule has 0 saturated carbocycles. The predicted molar refractivity (Wildman–Crippen MR) is 96.6 cm³/mol. The van der Waals surface area contributed by atoms with E-state index in [1.165, 1.54) is 0 Å². The average molecular weight is 365 g/mol. The molecule has 2 saturated heterocycles. The predicted octanol–water partition coefficient (Wildman–Crippen LogP) is 1.99. The van der Waals surface area contributed by atoms with Crippen molar-refractivity contribution in [2.24, 2.45) is 11.8 Å². The SMILES string of the molecule is CC(C)CCN1C[C@@H]2CCN(C(=O)c3ccccn3)CC[C@@H]2S1(=O)=O. The number of aromatic nitrogens is 1. The Kier molecular flexibility index (Phi) is 5.43. The normalized spacial score (nSPS) is 26.4. The Hall–Kier alpha value is -1.47. The van der Waals surface area contributed by atoms with E-state index in [1.807, 2.05) is 0 Å². The van der Waals surface area contributed by atoms with Crippen LogP contribution in [0.2, 0.25) is 0 Å². The maximum Gasteiger partial charge on any atom is 0.272 e. The third kappa shape index (κ3) is 3.87. The molecule has 2 fully saturated rings. The summed E-state index contributed by atoms with van der Waals surface area (Å²) in [6.07, 6.45) is 3.75. The summed E-state index contributed by atoms with van der Waals surface area (Å²) in [6.45, 7) is 6.52. The standard InChI is InChI=1S/C18H27N3O3S/c1-14(2)6-12-21-13-15-7-10-20(11-8-17(15)25(21,23)24)18(22)16-5-3-4-9-19-16/h3-5,9,14-15,17H,6-8,10-13H2,1-2H3/t15-,17-/m0/s1. The van der Waals surface area contributed by atoms with Gasteiger partial charge < -0.3 is 4.90 Å². The van der Waals surface area contributed by atoms with Gasteiger partial charge in [0.15, 0.2) is 0 Å². The van der Waals surface area contributed by atoms with Gasteiger partial charge in [0.2, 0.25) is 10.0 Å². The highest BCUT2D eigenvalue weighted by atomic mass is 32.2. The Morgan fingerprint density at radius 1 is 1.28 bits per heavy atom. The van der Waals surface area contributed by atoms with Crippen molar-refractivity contribution in [1.29, 1.82) is 0 Å². The van der Waals surface area contributed by atoms with Gasteiger partial charge in [0.05, 0.1) is 5.25 Å². The number of amides is 1. The lowest BCUT2D eigenvalue weighted by atomic mass is 10.0. The zero-order valence-corrected chi connectivity index (χ0v) is 15.8. The first-order chi connectivity index (χ1) is 11.9. The number of hydrogen-bond donors (Lipinski definition) is 0. The highest BCUT2D eigenvalue weighted by molar-refractivity contribution is 7.90. The summed E-state index contributed by atoms with van der Waals surface area (Å²) in [6, 6.07) is 5.28. The Morgan fingerprint density at radius 3 is 2.72 bits per heavy atom. The lowest BCUT2D eigenvalue weighted by Crippen LogP contribution is -2.35. The van der Waals surface area contributed by atoms with E-state index >= 15 is 0 Å². The molecule has 3 heterocycles. The largest absolute Gasteiger partial charge is 0.337 e. The molecule has 2 aliphatic heterocycles. The summed E-state index contributed by atoms with van der Waals surface area (Å²) in [5.41, 5.74) is 0.427. The van der Waals surface area contributed by atoms with Crippen molar-refractivity contribution in [3.8, 4) is 0 Å². The molecule has 0 N–H and O–H groups in total. The van der Waals surface area contributed by atoms with E-state index in [4.69, 9.17) is 0 Å². The Balaban J connectivity index is 1.67. The first-order valence-electron chi connectivity index (χ1n) is 9.09. The highest BCUT2D eigenvalue weighted by Gasteiger charge is 2.46. The van der Waals surface area contributed by atoms with Crippen LogP contribution in [0.15, 0.2) is 24.4 Å². The van der Waals surface area contributed by atoms with Crippen LogP contribution >= 0.6 is 0 Å². The van der Waals surface area contributed by atoms with Crippen LogP contribution in [0.3, 0.4) is 0 Å². The molecular weight excluding hydrogens is 338 g/mol. The van der Waals surface area contributed by atoms with Crippen molar-refractivity contribution >= 4 is 15.9 Å². The van der Waals surface area contributed by atoms with Crippen molar-refractivity contribution < 1.29 is 13.2 Å². The van der Waals surface area contributed by atoms with E-state index in [-0.39, 0.29) is 17.1 Å². The number of rotatable bonds is 4. The van der Waals surface area contributed by atoms with Crippen LogP contribution < -0.4 is 0 Å². The summed E-state index contributed by atoms with van der Waals surface area (Å²) in [5.74, 6) is 0.514. The molecule has 0 spiro atoms. The molecule has 0 radical (unpaired) electrons. The zero-order chi connectivity index (χ0) is 18.0. The summed E-state index contributed by atoms with van der Waals surface area (Å²) >= 11 is 0. The van der Waals surface area contributed by atoms with Crippen LogP contribution in [0, 0.1) is 11.8 Å². The molecule has 138 valence electrons. The summed E-state index contributed by atoms with van der Waals surface area (Å²) < 4.78 is 27.4. The molecule has 0 aliphatic carbocycles. The molecule has 0 bridgehead atoms. The van der Waals surface area contributed by atoms with Gasteiger partial charge in [-0.25, -0.2) is 12.7 Å². The first-order valence-corrected chi connectivity index (χ1v) is 10.6. The molecule has 0 unspecified atom stereocenters. The fourth-order valence-electron chi connectivity index (χ4n) is 3.77. The van der Waals surface area contributed by atoms with Gasteiger partial charge in [0, 0.05) is 32.4 Å². The van der Waals surface area contributed by atoms with E-state index in [2.05, 4.69) is 18.8 Å². The van der Waals surface area contributed by atoms with E-state index in [0.717, 1.165) is 12.8 Å². The van der Waals surface area contributed by atoms with Gasteiger partial charge in [0.25, 0.3) is 5.91 Å². The van der Waals surface area contributed by atoms with Gasteiger partial charge in [0.1, 0.15) is 5.69 Å². The maximum atomic E-state index is 12.8. The van der Waals surface area contributed by atoms with Crippen molar-refractivity contribution in [3.05, 3.63) is 30.1 Å². The lowest BCUT2D eigenvalue weighted by Gasteiger charge is -2.22. The number of hydrogen-bond acceptors (Lipinski definition) is 4. The van der Waals surface area contributed by atoms with Crippen molar-refractivity contribution in [2.45, 2.75) is 38.4 Å². The summed E-state index contributed by atoms with van der Waals surface area (Å²) in [4.78, 5) is 18.5. The number of likely N-dealkylation sites (tertiary alicyclic amines) is 1. The summed E-state index contributed by atoms with van der Waals surface area (Å²) in [7, 11) is -3.24. The second-order valence-corrected chi connectivity index (χ2v) is 9.62. The quantitative estimate of drug-likeness (QED) is 0.818. The van der Waals surface area contributed by atoms with Crippen molar-refractivity contribution in [3.63, 3.8) is 0 Å². The van der Waals surface area contributed by atoms with Gasteiger partial charge in [-0.15, -0.1) is 0 Å². The molecule has 1 aromatic heterocycles. The van der Waals surface area contributed by atoms with E-state index in [9.17, 15) is 13.2 Å². The second-order valence-electron chi connectivity index (χ2n) is 7.47. The van der Waals surface area contributed by atoms with Crippen LogP contribution in [-0.4, -0.2) is 59.9 Å². The maximum absolute atomic E-state index is 12.8. The van der Waals surface area contributed by atoms with Crippen LogP contribution in [0.25, 0.3) is 0 Å². The monoisotopic (exact) mass is 365 g/mol. The lowest BCUT2D eigenvalue weighted by molar-refractivity contribution is 0.0753. The van der Waals surface area contributed by atoms with Gasteiger partial charge in [-0.05, 0) is 43.2 Å². The van der Waals surface area contributed by atoms with Gasteiger partial charge in [-0.3, -0.25) is 9.78 Å². The van der Waals surface area contributed by atoms with Gasteiger partial charge in [-0.2, -0.15) is 0 Å². The Morgan fingerprint density at radius 2 is 2.04 bits per heavy atom. The van der Waals surface area contributed by atoms with Crippen molar-refractivity contribution in [1.82, 2.24) is 14.2 Å². The smallest absolute Gasteiger partial charge is 0.272 e. The van der Waals surface area contributed by atoms with Gasteiger partial charge >= 0.3 is 0 Å². The fraction of sp³-hybridized carbons (Fsp3) is 0.667. The second kappa shape index (κ2) is 7.41. The van der Waals surface area contributed by atoms with Crippen molar-refractivity contribution in [2.75, 3.05) is 26.2 Å². The topological polar surface area (TPSA) is 70.6 Å². The van der Waals surface area contributed by atoms with Gasteiger partial charge in [-0.1, -0.05) is 19.9 Å². The Bertz CT molecular complexity index is 706. The first kappa shape index (κ1) is 18.3. The number of carbonyl (C=O) groups excluding carboxylic acids is 1. The molecule has 25 heavy (non-hydrogen) atoms. The highest BCUT2D eigenvalue weighted by Crippen LogP contribution is 2.34. The fourth-order valence-corrected chi connectivity index (χ4v) is 6.03. The third-order valence-electron chi connectivity index (χ3n) is 5.29. The summed E-state index contributed by atoms with van der Waals surface area (Å²) in [5, 5.41) is -0.346. The minimum Gasteiger partial charge on any atom is -0.337 e. The number of sulfonamides is 1. The van der Waals surface area contributed by atoms with E-state index in [0.29, 0.717) is 44.2 Å². The molecule has 1 amide bonds. The molecule has 2 aliphatic rings. The minimum atomic E-state index is -3.24. The number of pyridine rings is 1. The van der Waals surface area contributed by atoms with Crippen LogP contribution in [0.1, 0.15) is 43.6 Å². The van der Waals surface area contributed by atoms with E-state index in [1.54, 1.807) is 33.6 Å². The van der Waals surface area contributed by atoms with Crippen LogP contribution in [0.4, 0.5) is 0 Å². The zero-order valence-electron chi connectivity index (χ0n) is 15.0. The molecule has 2 atom stereocenters. The molecule has 0 aromatic carbocycles. The molecule has 7 heteroatoms. The molecular formula is C18H27N3O3S. The van der Waals surface area contributed by atoms with Crippen LogP contribution in [-0.2, 0) is 10.0 Å². The Labute approximate surface area is 150 Å². The number of carbonyl (C=O) groups is 1. The number of fused-ring (bicyclic) bond motifs is 1. The molecule has 6 nitrogen and oxygen atoms in total.